The normalized spacial score (nSPS) is 19.6. The van der Waals surface area contributed by atoms with Gasteiger partial charge in [0, 0.05) is 36.3 Å². The maximum atomic E-state index is 12.8. The average Bonchev–Trinajstić information content (AvgIpc) is 3.54. The third kappa shape index (κ3) is 5.31. The van der Waals surface area contributed by atoms with Crippen molar-refractivity contribution in [3.05, 3.63) is 65.4 Å². The number of carbonyl (C=O) groups excluding carboxylic acids is 1. The van der Waals surface area contributed by atoms with Gasteiger partial charge < -0.3 is 24.5 Å². The van der Waals surface area contributed by atoms with Crippen LogP contribution in [-0.4, -0.2) is 61.5 Å². The van der Waals surface area contributed by atoms with Crippen LogP contribution in [0.4, 0.5) is 4.79 Å². The first-order valence-electron chi connectivity index (χ1n) is 12.8. The van der Waals surface area contributed by atoms with E-state index < -0.39 is 0 Å². The molecule has 1 unspecified atom stereocenters. The molecule has 0 spiro atoms. The molecule has 2 aliphatic heterocycles. The number of rotatable bonds is 9. The molecule has 1 saturated heterocycles. The lowest BCUT2D eigenvalue weighted by molar-refractivity contribution is 0.0932. The van der Waals surface area contributed by atoms with Crippen LogP contribution in [0.5, 0.6) is 5.75 Å². The maximum Gasteiger partial charge on any atom is 0.410 e. The maximum absolute atomic E-state index is 12.8. The number of aromatic nitrogens is 1. The number of amides is 1. The van der Waals surface area contributed by atoms with Crippen molar-refractivity contribution < 1.29 is 19.0 Å². The highest BCUT2D eigenvalue weighted by Crippen LogP contribution is 2.39. The third-order valence-corrected chi connectivity index (χ3v) is 6.90. The zero-order chi connectivity index (χ0) is 24.0. The molecule has 186 valence electrons. The Hall–Kier alpha value is -3.03. The zero-order valence-corrected chi connectivity index (χ0v) is 20.4. The number of nitrogens with zero attached hydrogens (tertiary/aromatic N) is 1. The van der Waals surface area contributed by atoms with E-state index >= 15 is 0 Å². The molecule has 7 heteroatoms. The van der Waals surface area contributed by atoms with Gasteiger partial charge in [0.2, 0.25) is 0 Å². The van der Waals surface area contributed by atoms with Crippen LogP contribution in [-0.2, 0) is 15.9 Å². The van der Waals surface area contributed by atoms with E-state index in [4.69, 9.17) is 14.2 Å². The van der Waals surface area contributed by atoms with Crippen molar-refractivity contribution >= 4 is 17.0 Å². The molecule has 0 radical (unpaired) electrons. The van der Waals surface area contributed by atoms with Crippen LogP contribution < -0.4 is 10.1 Å². The number of hydrogen-bond donors (Lipinski definition) is 2. The molecule has 0 aliphatic carbocycles. The van der Waals surface area contributed by atoms with Crippen molar-refractivity contribution in [2.24, 2.45) is 0 Å². The van der Waals surface area contributed by atoms with Gasteiger partial charge in [-0.25, -0.2) is 4.79 Å². The van der Waals surface area contributed by atoms with Crippen molar-refractivity contribution in [3.63, 3.8) is 0 Å². The van der Waals surface area contributed by atoms with Crippen LogP contribution in [0.15, 0.2) is 48.5 Å². The van der Waals surface area contributed by atoms with E-state index in [-0.39, 0.29) is 12.1 Å². The van der Waals surface area contributed by atoms with Crippen LogP contribution >= 0.6 is 0 Å². The average molecular weight is 478 g/mol. The van der Waals surface area contributed by atoms with Gasteiger partial charge in [0.25, 0.3) is 0 Å². The molecule has 7 nitrogen and oxygen atoms in total. The number of ether oxygens (including phenoxy) is 3. The number of H-pyrrole nitrogens is 1. The molecule has 1 fully saturated rings. The van der Waals surface area contributed by atoms with Crippen molar-refractivity contribution in [1.82, 2.24) is 15.2 Å². The Balaban J connectivity index is 1.25. The van der Waals surface area contributed by atoms with Gasteiger partial charge in [-0.2, -0.15) is 0 Å². The van der Waals surface area contributed by atoms with E-state index in [1.807, 2.05) is 30.0 Å². The standard InChI is InChI=1S/C28H35N3O4/c1-2-33-28(32)31-16-14-24-23-8-3-4-9-25(23)30-26(24)27(31)20-10-12-21(13-11-20)34-18-6-15-29-19-22-7-5-17-35-22/h3-4,8-13,22,27,29-30H,2,5-7,14-19H2,1H3/t22?,27-/m0/s1. The molecule has 0 bridgehead atoms. The number of carbonyl (C=O) groups is 1. The summed E-state index contributed by atoms with van der Waals surface area (Å²) >= 11 is 0. The van der Waals surface area contributed by atoms with Crippen LogP contribution in [0.2, 0.25) is 0 Å². The van der Waals surface area contributed by atoms with Crippen molar-refractivity contribution in [2.45, 2.75) is 44.8 Å². The van der Waals surface area contributed by atoms with Crippen molar-refractivity contribution in [3.8, 4) is 5.75 Å². The Bertz CT molecular complexity index is 1120. The third-order valence-electron chi connectivity index (χ3n) is 6.90. The van der Waals surface area contributed by atoms with Gasteiger partial charge in [-0.3, -0.25) is 4.90 Å². The molecular weight excluding hydrogens is 442 g/mol. The van der Waals surface area contributed by atoms with Crippen LogP contribution in [0, 0.1) is 0 Å². The fourth-order valence-electron chi connectivity index (χ4n) is 5.19. The molecular formula is C28H35N3O4. The summed E-state index contributed by atoms with van der Waals surface area (Å²) in [6.07, 6.45) is 4.16. The van der Waals surface area contributed by atoms with E-state index in [9.17, 15) is 4.79 Å². The minimum Gasteiger partial charge on any atom is -0.494 e. The molecule has 3 aromatic rings. The summed E-state index contributed by atoms with van der Waals surface area (Å²) in [4.78, 5) is 18.3. The Labute approximate surface area is 206 Å². The minimum absolute atomic E-state index is 0.221. The summed E-state index contributed by atoms with van der Waals surface area (Å²) in [5, 5.41) is 4.68. The number of fused-ring (bicyclic) bond motifs is 3. The second-order valence-electron chi connectivity index (χ2n) is 9.22. The molecule has 3 heterocycles. The smallest absolute Gasteiger partial charge is 0.410 e. The lowest BCUT2D eigenvalue weighted by Crippen LogP contribution is -2.40. The molecule has 5 rings (SSSR count). The summed E-state index contributed by atoms with van der Waals surface area (Å²) in [7, 11) is 0. The van der Waals surface area contributed by atoms with Gasteiger partial charge >= 0.3 is 6.09 Å². The highest BCUT2D eigenvalue weighted by Gasteiger charge is 2.35. The van der Waals surface area contributed by atoms with Gasteiger partial charge in [0.1, 0.15) is 11.8 Å². The molecule has 2 aliphatic rings. The zero-order valence-electron chi connectivity index (χ0n) is 20.4. The second-order valence-corrected chi connectivity index (χ2v) is 9.22. The largest absolute Gasteiger partial charge is 0.494 e. The topological polar surface area (TPSA) is 75.8 Å². The SMILES string of the molecule is CCOC(=O)N1CCc2c([nH]c3ccccc23)[C@@H]1c1ccc(OCCCNCC2CCCO2)cc1. The van der Waals surface area contributed by atoms with E-state index in [0.717, 1.165) is 61.5 Å². The predicted molar refractivity (Wildman–Crippen MR) is 136 cm³/mol. The van der Waals surface area contributed by atoms with E-state index in [1.54, 1.807) is 0 Å². The Morgan fingerprint density at radius 1 is 1.20 bits per heavy atom. The van der Waals surface area contributed by atoms with Gasteiger partial charge in [-0.1, -0.05) is 30.3 Å². The first kappa shape index (κ1) is 23.7. The lowest BCUT2D eigenvalue weighted by atomic mass is 9.92. The number of hydrogen-bond acceptors (Lipinski definition) is 5. The fraction of sp³-hybridized carbons (Fsp3) is 0.464. The molecule has 35 heavy (non-hydrogen) atoms. The predicted octanol–water partition coefficient (Wildman–Crippen LogP) is 4.81. The highest BCUT2D eigenvalue weighted by atomic mass is 16.6. The second kappa shape index (κ2) is 11.1. The van der Waals surface area contributed by atoms with Gasteiger partial charge in [-0.15, -0.1) is 0 Å². The molecule has 2 N–H and O–H groups in total. The minimum atomic E-state index is -0.280. The van der Waals surface area contributed by atoms with E-state index in [2.05, 4.69) is 40.6 Å². The van der Waals surface area contributed by atoms with E-state index in [0.29, 0.717) is 25.9 Å². The monoisotopic (exact) mass is 477 g/mol. The number of nitrogens with one attached hydrogen (secondary N) is 2. The Morgan fingerprint density at radius 3 is 2.86 bits per heavy atom. The van der Waals surface area contributed by atoms with Gasteiger partial charge in [0.15, 0.2) is 0 Å². The first-order chi connectivity index (χ1) is 17.2. The summed E-state index contributed by atoms with van der Waals surface area (Å²) in [5.74, 6) is 0.836. The fourth-order valence-corrected chi connectivity index (χ4v) is 5.19. The van der Waals surface area contributed by atoms with Crippen molar-refractivity contribution in [1.29, 1.82) is 0 Å². The quantitative estimate of drug-likeness (QED) is 0.433. The highest BCUT2D eigenvalue weighted by molar-refractivity contribution is 5.86. The number of benzene rings is 2. The molecule has 1 amide bonds. The number of aromatic amines is 1. The summed E-state index contributed by atoms with van der Waals surface area (Å²) in [5.41, 5.74) is 4.48. The van der Waals surface area contributed by atoms with Crippen LogP contribution in [0.25, 0.3) is 10.9 Å². The summed E-state index contributed by atoms with van der Waals surface area (Å²) < 4.78 is 17.0. The summed E-state index contributed by atoms with van der Waals surface area (Å²) in [6, 6.07) is 16.2. The molecule has 1 aromatic heterocycles. The summed E-state index contributed by atoms with van der Waals surface area (Å²) in [6.45, 7) is 6.20. The van der Waals surface area contributed by atoms with Gasteiger partial charge in [0.05, 0.1) is 19.3 Å². The van der Waals surface area contributed by atoms with E-state index in [1.165, 1.54) is 17.4 Å². The molecule has 2 aromatic carbocycles. The lowest BCUT2D eigenvalue weighted by Gasteiger charge is -2.35. The van der Waals surface area contributed by atoms with Gasteiger partial charge in [-0.05, 0) is 68.5 Å². The van der Waals surface area contributed by atoms with Crippen LogP contribution in [0.3, 0.4) is 0 Å². The van der Waals surface area contributed by atoms with Crippen LogP contribution in [0.1, 0.15) is 49.0 Å². The Kier molecular flexibility index (Phi) is 7.54. The first-order valence-corrected chi connectivity index (χ1v) is 12.8. The van der Waals surface area contributed by atoms with Crippen molar-refractivity contribution in [2.75, 3.05) is 39.5 Å². The Morgan fingerprint density at radius 2 is 2.06 bits per heavy atom. The number of para-hydroxylation sites is 1. The molecule has 0 saturated carbocycles. The molecule has 2 atom stereocenters.